The van der Waals surface area contributed by atoms with Gasteiger partial charge in [0.15, 0.2) is 0 Å². The normalized spacial score (nSPS) is 11.2. The van der Waals surface area contributed by atoms with Gasteiger partial charge in [-0.2, -0.15) is 15.0 Å². The fourth-order valence-corrected chi connectivity index (χ4v) is 2.37. The summed E-state index contributed by atoms with van der Waals surface area (Å²) in [5.41, 5.74) is -0.372. The quantitative estimate of drug-likeness (QED) is 0.813. The fraction of sp³-hybridized carbons (Fsp3) is 0.538. The van der Waals surface area contributed by atoms with Gasteiger partial charge in [0.05, 0.1) is 12.1 Å². The maximum Gasteiger partial charge on any atom is 0.323 e. The minimum absolute atomic E-state index is 0.314. The first-order valence-electron chi connectivity index (χ1n) is 6.80. The summed E-state index contributed by atoms with van der Waals surface area (Å²) in [4.78, 5) is 17.1. The molecule has 0 aliphatic heterocycles. The third-order valence-corrected chi connectivity index (χ3v) is 3.76. The van der Waals surface area contributed by atoms with Crippen LogP contribution in [0.15, 0.2) is 11.6 Å². The zero-order valence-electron chi connectivity index (χ0n) is 12.7. The Kier molecular flexibility index (Phi) is 4.89. The molecule has 2 aromatic rings. The predicted octanol–water partition coefficient (Wildman–Crippen LogP) is 2.51. The van der Waals surface area contributed by atoms with Crippen LogP contribution >= 0.6 is 11.3 Å². The van der Waals surface area contributed by atoms with Crippen molar-refractivity contribution in [3.63, 3.8) is 0 Å². The number of ether oxygens (including phenoxy) is 1. The molecule has 2 N–H and O–H groups in total. The Hall–Kier alpha value is -1.96. The van der Waals surface area contributed by atoms with Gasteiger partial charge in [-0.1, -0.05) is 6.92 Å². The molecule has 0 amide bonds. The minimum atomic E-state index is -0.372. The van der Waals surface area contributed by atoms with Gasteiger partial charge in [0, 0.05) is 18.6 Å². The summed E-state index contributed by atoms with van der Waals surface area (Å²) in [5.74, 6) is 0.925. The van der Waals surface area contributed by atoms with Crippen molar-refractivity contribution in [3.8, 4) is 6.01 Å². The summed E-state index contributed by atoms with van der Waals surface area (Å²) in [7, 11) is 1.76. The molecular formula is C13H20N6OS. The molecule has 2 rings (SSSR count). The number of anilines is 2. The van der Waals surface area contributed by atoms with Crippen LogP contribution in [0.25, 0.3) is 0 Å². The molecule has 8 heteroatoms. The molecule has 0 unspecified atom stereocenters. The molecule has 2 heterocycles. The van der Waals surface area contributed by atoms with Crippen molar-refractivity contribution in [3.05, 3.63) is 16.6 Å². The van der Waals surface area contributed by atoms with Crippen LogP contribution in [-0.2, 0) is 5.54 Å². The summed E-state index contributed by atoms with van der Waals surface area (Å²) in [6, 6.07) is 0.314. The van der Waals surface area contributed by atoms with Gasteiger partial charge in [0.2, 0.25) is 11.9 Å². The number of nitrogens with one attached hydrogen (secondary N) is 2. The van der Waals surface area contributed by atoms with Crippen LogP contribution in [0.5, 0.6) is 6.01 Å². The third kappa shape index (κ3) is 4.01. The van der Waals surface area contributed by atoms with Crippen LogP contribution in [0.1, 0.15) is 32.2 Å². The lowest BCUT2D eigenvalue weighted by Crippen LogP contribution is -2.29. The molecule has 0 atom stereocenters. The summed E-state index contributed by atoms with van der Waals surface area (Å²) in [5, 5.41) is 9.10. The first kappa shape index (κ1) is 15.4. The maximum atomic E-state index is 5.49. The summed E-state index contributed by atoms with van der Waals surface area (Å²) < 4.78 is 5.49. The molecule has 114 valence electrons. The highest BCUT2D eigenvalue weighted by atomic mass is 32.1. The molecular weight excluding hydrogens is 288 g/mol. The van der Waals surface area contributed by atoms with Gasteiger partial charge in [-0.3, -0.25) is 0 Å². The number of nitrogens with zero attached hydrogens (tertiary/aromatic N) is 4. The number of thiazole rings is 1. The standard InChI is InChI=1S/C13H20N6OS/c1-5-7-20-12-17-10(14-4)16-11(18-12)19-13(2,3)9-15-6-8-21-9/h6,8H,5,7H2,1-4H3,(H2,14,16,17,18,19). The van der Waals surface area contributed by atoms with Crippen LogP contribution < -0.4 is 15.4 Å². The predicted molar refractivity (Wildman–Crippen MR) is 83.9 cm³/mol. The van der Waals surface area contributed by atoms with E-state index in [4.69, 9.17) is 4.74 Å². The molecule has 0 aliphatic carbocycles. The molecule has 0 bridgehead atoms. The van der Waals surface area contributed by atoms with E-state index in [9.17, 15) is 0 Å². The van der Waals surface area contributed by atoms with Gasteiger partial charge in [-0.25, -0.2) is 4.98 Å². The van der Waals surface area contributed by atoms with Gasteiger partial charge >= 0.3 is 6.01 Å². The zero-order chi connectivity index (χ0) is 15.3. The van der Waals surface area contributed by atoms with Crippen LogP contribution in [0, 0.1) is 0 Å². The Labute approximate surface area is 128 Å². The average molecular weight is 308 g/mol. The Balaban J connectivity index is 2.22. The van der Waals surface area contributed by atoms with Gasteiger partial charge in [0.1, 0.15) is 5.01 Å². The lowest BCUT2D eigenvalue weighted by atomic mass is 10.1. The topological polar surface area (TPSA) is 84.9 Å². The molecule has 0 saturated heterocycles. The van der Waals surface area contributed by atoms with Crippen molar-refractivity contribution >= 4 is 23.2 Å². The Morgan fingerprint density at radius 1 is 1.24 bits per heavy atom. The third-order valence-electron chi connectivity index (χ3n) is 2.67. The van der Waals surface area contributed by atoms with Gasteiger partial charge < -0.3 is 15.4 Å². The van der Waals surface area contributed by atoms with Gasteiger partial charge in [-0.15, -0.1) is 11.3 Å². The van der Waals surface area contributed by atoms with E-state index in [0.29, 0.717) is 24.5 Å². The number of hydrogen-bond donors (Lipinski definition) is 2. The SMILES string of the molecule is CCCOc1nc(NC)nc(NC(C)(C)c2nccs2)n1. The van der Waals surface area contributed by atoms with E-state index in [2.05, 4.69) is 30.6 Å². The first-order chi connectivity index (χ1) is 10.0. The first-order valence-corrected chi connectivity index (χ1v) is 7.68. The van der Waals surface area contributed by atoms with E-state index in [0.717, 1.165) is 11.4 Å². The van der Waals surface area contributed by atoms with E-state index in [1.54, 1.807) is 24.6 Å². The molecule has 2 aromatic heterocycles. The molecule has 0 spiro atoms. The van der Waals surface area contributed by atoms with Crippen LogP contribution in [-0.4, -0.2) is 33.6 Å². The van der Waals surface area contributed by atoms with E-state index in [1.807, 2.05) is 26.2 Å². The second-order valence-corrected chi connectivity index (χ2v) is 5.85. The van der Waals surface area contributed by atoms with Crippen molar-refractivity contribution in [1.82, 2.24) is 19.9 Å². The maximum absolute atomic E-state index is 5.49. The summed E-state index contributed by atoms with van der Waals surface area (Å²) in [6.45, 7) is 6.66. The monoisotopic (exact) mass is 308 g/mol. The second kappa shape index (κ2) is 6.66. The van der Waals surface area contributed by atoms with Crippen LogP contribution in [0.4, 0.5) is 11.9 Å². The van der Waals surface area contributed by atoms with Crippen molar-refractivity contribution in [1.29, 1.82) is 0 Å². The van der Waals surface area contributed by atoms with Gasteiger partial charge in [0.25, 0.3) is 0 Å². The highest BCUT2D eigenvalue weighted by molar-refractivity contribution is 7.09. The van der Waals surface area contributed by atoms with Gasteiger partial charge in [-0.05, 0) is 20.3 Å². The smallest absolute Gasteiger partial charge is 0.323 e. The number of rotatable bonds is 7. The van der Waals surface area contributed by atoms with Crippen molar-refractivity contribution in [2.24, 2.45) is 0 Å². The molecule has 0 fully saturated rings. The van der Waals surface area contributed by atoms with Crippen LogP contribution in [0.3, 0.4) is 0 Å². The Bertz CT molecular complexity index is 572. The Morgan fingerprint density at radius 2 is 2.00 bits per heavy atom. The lowest BCUT2D eigenvalue weighted by Gasteiger charge is -2.23. The minimum Gasteiger partial charge on any atom is -0.463 e. The average Bonchev–Trinajstić information content (AvgIpc) is 2.99. The summed E-state index contributed by atoms with van der Waals surface area (Å²) in [6.07, 6.45) is 2.68. The molecule has 0 radical (unpaired) electrons. The van der Waals surface area contributed by atoms with E-state index >= 15 is 0 Å². The molecule has 0 aliphatic rings. The van der Waals surface area contributed by atoms with E-state index < -0.39 is 0 Å². The number of aromatic nitrogens is 4. The summed E-state index contributed by atoms with van der Waals surface area (Å²) >= 11 is 1.59. The fourth-order valence-electron chi connectivity index (χ4n) is 1.65. The van der Waals surface area contributed by atoms with E-state index in [1.165, 1.54) is 0 Å². The highest BCUT2D eigenvalue weighted by Crippen LogP contribution is 2.26. The Morgan fingerprint density at radius 3 is 2.62 bits per heavy atom. The molecule has 0 saturated carbocycles. The van der Waals surface area contributed by atoms with Crippen molar-refractivity contribution in [2.45, 2.75) is 32.7 Å². The number of hydrogen-bond acceptors (Lipinski definition) is 8. The molecule has 7 nitrogen and oxygen atoms in total. The lowest BCUT2D eigenvalue weighted by molar-refractivity contribution is 0.292. The van der Waals surface area contributed by atoms with Crippen molar-refractivity contribution < 1.29 is 4.74 Å². The highest BCUT2D eigenvalue weighted by Gasteiger charge is 2.24. The van der Waals surface area contributed by atoms with Crippen molar-refractivity contribution in [2.75, 3.05) is 24.3 Å². The largest absolute Gasteiger partial charge is 0.463 e. The molecule has 21 heavy (non-hydrogen) atoms. The zero-order valence-corrected chi connectivity index (χ0v) is 13.5. The van der Waals surface area contributed by atoms with Crippen LogP contribution in [0.2, 0.25) is 0 Å². The molecule has 0 aromatic carbocycles. The second-order valence-electron chi connectivity index (χ2n) is 4.95. The van der Waals surface area contributed by atoms with E-state index in [-0.39, 0.29) is 5.54 Å².